The number of carbonyl (C=O) groups is 1. The number of hydrogen-bond acceptors (Lipinski definition) is 5. The molecule has 0 aliphatic carbocycles. The van der Waals surface area contributed by atoms with E-state index in [1.165, 1.54) is 0 Å². The SMILES string of the molecule is [CH2]CN1CCN(C(=O)C=Cc2cc(OC)c(OC)c(OC)c2)CC1. The molecule has 1 fully saturated rings. The first-order chi connectivity index (χ1) is 11.6. The van der Waals surface area contributed by atoms with E-state index < -0.39 is 0 Å². The van der Waals surface area contributed by atoms with Gasteiger partial charge in [0.1, 0.15) is 0 Å². The summed E-state index contributed by atoms with van der Waals surface area (Å²) in [7, 11) is 4.70. The standard InChI is InChI=1S/C18H25N2O4/c1-5-19-8-10-20(11-9-19)17(21)7-6-14-12-15(22-2)18(24-4)16(13-14)23-3/h6-7,12-13H,1,5,8-11H2,2-4H3. The molecule has 0 saturated carbocycles. The Hall–Kier alpha value is -2.21. The third kappa shape index (κ3) is 4.20. The van der Waals surface area contributed by atoms with Gasteiger partial charge >= 0.3 is 0 Å². The summed E-state index contributed by atoms with van der Waals surface area (Å²) >= 11 is 0. The molecule has 0 aromatic heterocycles. The van der Waals surface area contributed by atoms with Gasteiger partial charge in [-0.2, -0.15) is 0 Å². The van der Waals surface area contributed by atoms with E-state index in [4.69, 9.17) is 14.2 Å². The van der Waals surface area contributed by atoms with Crippen molar-refractivity contribution in [2.45, 2.75) is 0 Å². The maximum absolute atomic E-state index is 12.3. The molecule has 1 aromatic carbocycles. The normalized spacial score (nSPS) is 15.6. The average Bonchev–Trinajstić information content (AvgIpc) is 2.65. The van der Waals surface area contributed by atoms with Crippen molar-refractivity contribution in [1.29, 1.82) is 0 Å². The lowest BCUT2D eigenvalue weighted by molar-refractivity contribution is -0.127. The average molecular weight is 333 g/mol. The van der Waals surface area contributed by atoms with Gasteiger partial charge in [0.05, 0.1) is 21.3 Å². The highest BCUT2D eigenvalue weighted by molar-refractivity contribution is 5.92. The Morgan fingerprint density at radius 2 is 1.67 bits per heavy atom. The molecule has 0 atom stereocenters. The molecule has 1 aromatic rings. The van der Waals surface area contributed by atoms with Crippen LogP contribution in [0.4, 0.5) is 0 Å². The van der Waals surface area contributed by atoms with Gasteiger partial charge in [0.25, 0.3) is 0 Å². The number of piperazine rings is 1. The van der Waals surface area contributed by atoms with Gasteiger partial charge in [-0.15, -0.1) is 0 Å². The summed E-state index contributed by atoms with van der Waals surface area (Å²) in [5.74, 6) is 1.67. The fourth-order valence-corrected chi connectivity index (χ4v) is 2.66. The van der Waals surface area contributed by atoms with Gasteiger partial charge in [-0.25, -0.2) is 0 Å². The molecule has 1 aliphatic rings. The van der Waals surface area contributed by atoms with E-state index in [0.717, 1.165) is 38.3 Å². The molecule has 0 N–H and O–H groups in total. The zero-order valence-corrected chi connectivity index (χ0v) is 14.6. The van der Waals surface area contributed by atoms with Crippen molar-refractivity contribution in [1.82, 2.24) is 9.80 Å². The van der Waals surface area contributed by atoms with Crippen LogP contribution in [0.5, 0.6) is 17.2 Å². The summed E-state index contributed by atoms with van der Waals surface area (Å²) in [5, 5.41) is 0. The Morgan fingerprint density at radius 3 is 2.12 bits per heavy atom. The Morgan fingerprint density at radius 1 is 1.08 bits per heavy atom. The Kier molecular flexibility index (Phi) is 6.49. The molecule has 0 spiro atoms. The van der Waals surface area contributed by atoms with Crippen LogP contribution in [-0.2, 0) is 4.79 Å². The van der Waals surface area contributed by atoms with Crippen LogP contribution in [-0.4, -0.2) is 69.8 Å². The highest BCUT2D eigenvalue weighted by atomic mass is 16.5. The Balaban J connectivity index is 2.09. The summed E-state index contributed by atoms with van der Waals surface area (Å²) in [6.07, 6.45) is 3.35. The second-order valence-corrected chi connectivity index (χ2v) is 5.46. The molecule has 6 nitrogen and oxygen atoms in total. The fraction of sp³-hybridized carbons (Fsp3) is 0.444. The van der Waals surface area contributed by atoms with Crippen molar-refractivity contribution in [3.63, 3.8) is 0 Å². The van der Waals surface area contributed by atoms with Crippen LogP contribution in [0.25, 0.3) is 6.08 Å². The van der Waals surface area contributed by atoms with Gasteiger partial charge in [0.15, 0.2) is 11.5 Å². The minimum atomic E-state index is 0.00691. The monoisotopic (exact) mass is 333 g/mol. The van der Waals surface area contributed by atoms with E-state index in [-0.39, 0.29) is 5.91 Å². The molecule has 24 heavy (non-hydrogen) atoms. The van der Waals surface area contributed by atoms with Crippen molar-refractivity contribution >= 4 is 12.0 Å². The van der Waals surface area contributed by atoms with Crippen LogP contribution in [0, 0.1) is 6.92 Å². The fourth-order valence-electron chi connectivity index (χ4n) is 2.66. The van der Waals surface area contributed by atoms with E-state index in [0.29, 0.717) is 17.2 Å². The van der Waals surface area contributed by atoms with Gasteiger partial charge in [-0.3, -0.25) is 9.69 Å². The largest absolute Gasteiger partial charge is 0.493 e. The van der Waals surface area contributed by atoms with Crippen molar-refractivity contribution in [2.75, 3.05) is 54.1 Å². The lowest BCUT2D eigenvalue weighted by atomic mass is 10.1. The molecular formula is C18H25N2O4. The van der Waals surface area contributed by atoms with E-state index in [2.05, 4.69) is 11.8 Å². The number of benzene rings is 1. The van der Waals surface area contributed by atoms with E-state index in [9.17, 15) is 4.79 Å². The molecule has 1 heterocycles. The first-order valence-electron chi connectivity index (χ1n) is 7.91. The highest BCUT2D eigenvalue weighted by Crippen LogP contribution is 2.38. The van der Waals surface area contributed by atoms with Crippen molar-refractivity contribution in [3.8, 4) is 17.2 Å². The van der Waals surface area contributed by atoms with Crippen molar-refractivity contribution in [2.24, 2.45) is 0 Å². The topological polar surface area (TPSA) is 51.2 Å². The van der Waals surface area contributed by atoms with Crippen LogP contribution in [0.2, 0.25) is 0 Å². The number of amides is 1. The predicted octanol–water partition coefficient (Wildman–Crippen LogP) is 1.70. The quantitative estimate of drug-likeness (QED) is 0.742. The third-order valence-corrected chi connectivity index (χ3v) is 4.11. The van der Waals surface area contributed by atoms with Gasteiger partial charge in [0.2, 0.25) is 11.7 Å². The van der Waals surface area contributed by atoms with Crippen LogP contribution in [0.1, 0.15) is 5.56 Å². The molecule has 2 rings (SSSR count). The molecule has 1 aliphatic heterocycles. The minimum absolute atomic E-state index is 0.00691. The number of methoxy groups -OCH3 is 3. The summed E-state index contributed by atoms with van der Waals surface area (Å²) in [5.41, 5.74) is 0.814. The van der Waals surface area contributed by atoms with Gasteiger partial charge in [-0.05, 0) is 37.2 Å². The lowest BCUT2D eigenvalue weighted by Crippen LogP contribution is -2.48. The zero-order chi connectivity index (χ0) is 17.5. The van der Waals surface area contributed by atoms with E-state index >= 15 is 0 Å². The first kappa shape index (κ1) is 18.1. The zero-order valence-electron chi connectivity index (χ0n) is 14.6. The van der Waals surface area contributed by atoms with E-state index in [1.54, 1.807) is 33.5 Å². The summed E-state index contributed by atoms with van der Waals surface area (Å²) in [6.45, 7) is 7.85. The smallest absolute Gasteiger partial charge is 0.246 e. The van der Waals surface area contributed by atoms with Crippen LogP contribution < -0.4 is 14.2 Å². The second-order valence-electron chi connectivity index (χ2n) is 5.46. The summed E-state index contributed by atoms with van der Waals surface area (Å²) < 4.78 is 15.9. The molecule has 131 valence electrons. The maximum atomic E-state index is 12.3. The predicted molar refractivity (Wildman–Crippen MR) is 93.5 cm³/mol. The first-order valence-corrected chi connectivity index (χ1v) is 7.91. The molecule has 0 unspecified atom stereocenters. The van der Waals surface area contributed by atoms with Gasteiger partial charge < -0.3 is 19.1 Å². The summed E-state index contributed by atoms with van der Waals surface area (Å²) in [4.78, 5) is 16.4. The van der Waals surface area contributed by atoms with Crippen LogP contribution in [0.15, 0.2) is 18.2 Å². The van der Waals surface area contributed by atoms with Crippen molar-refractivity contribution in [3.05, 3.63) is 30.7 Å². The number of nitrogens with zero attached hydrogens (tertiary/aromatic N) is 2. The number of rotatable bonds is 6. The van der Waals surface area contributed by atoms with Crippen LogP contribution >= 0.6 is 0 Å². The maximum Gasteiger partial charge on any atom is 0.246 e. The number of carbonyl (C=O) groups excluding carboxylic acids is 1. The highest BCUT2D eigenvalue weighted by Gasteiger charge is 2.18. The van der Waals surface area contributed by atoms with Gasteiger partial charge in [0, 0.05) is 32.3 Å². The number of hydrogen-bond donors (Lipinski definition) is 0. The molecule has 0 bridgehead atoms. The lowest BCUT2D eigenvalue weighted by Gasteiger charge is -2.33. The van der Waals surface area contributed by atoms with Crippen LogP contribution in [0.3, 0.4) is 0 Å². The Bertz CT molecular complexity index is 568. The molecule has 1 radical (unpaired) electrons. The third-order valence-electron chi connectivity index (χ3n) is 4.11. The minimum Gasteiger partial charge on any atom is -0.493 e. The van der Waals surface area contributed by atoms with E-state index in [1.807, 2.05) is 17.0 Å². The van der Waals surface area contributed by atoms with Gasteiger partial charge in [-0.1, -0.05) is 0 Å². The summed E-state index contributed by atoms with van der Waals surface area (Å²) in [6, 6.07) is 3.62. The number of ether oxygens (including phenoxy) is 3. The molecule has 1 amide bonds. The second kappa shape index (κ2) is 8.59. The molecular weight excluding hydrogens is 308 g/mol. The molecule has 6 heteroatoms. The molecule has 1 saturated heterocycles. The Labute approximate surface area is 143 Å². The van der Waals surface area contributed by atoms with Crippen molar-refractivity contribution < 1.29 is 19.0 Å².